The van der Waals surface area contributed by atoms with Gasteiger partial charge >= 0.3 is 12.0 Å². The second kappa shape index (κ2) is 5.98. The zero-order valence-corrected chi connectivity index (χ0v) is 11.2. The topological polar surface area (TPSA) is 91.8 Å². The van der Waals surface area contributed by atoms with Crippen LogP contribution in [0, 0.1) is 5.92 Å². The van der Waals surface area contributed by atoms with Crippen molar-refractivity contribution in [3.63, 3.8) is 0 Å². The predicted octanol–water partition coefficient (Wildman–Crippen LogP) is 0.384. The number of ether oxygens (including phenoxy) is 1. The van der Waals surface area contributed by atoms with Crippen molar-refractivity contribution < 1.29 is 19.4 Å². The molecule has 0 aliphatic carbocycles. The Labute approximate surface area is 114 Å². The third-order valence-electron chi connectivity index (χ3n) is 2.94. The zero-order chi connectivity index (χ0) is 13.8. The van der Waals surface area contributed by atoms with Crippen LogP contribution in [0.2, 0.25) is 0 Å². The molecule has 2 rings (SSSR count). The van der Waals surface area contributed by atoms with Gasteiger partial charge in [-0.3, -0.25) is 4.79 Å². The van der Waals surface area contributed by atoms with Crippen LogP contribution in [0.4, 0.5) is 4.79 Å². The monoisotopic (exact) mass is 285 g/mol. The molecule has 7 nitrogen and oxygen atoms in total. The second-order valence-electron chi connectivity index (χ2n) is 4.37. The van der Waals surface area contributed by atoms with Gasteiger partial charge in [0.05, 0.1) is 37.0 Å². The fourth-order valence-electron chi connectivity index (χ4n) is 1.84. The lowest BCUT2D eigenvalue weighted by molar-refractivity contribution is -0.142. The third kappa shape index (κ3) is 3.42. The van der Waals surface area contributed by atoms with Crippen molar-refractivity contribution in [3.8, 4) is 0 Å². The van der Waals surface area contributed by atoms with Crippen LogP contribution in [0.1, 0.15) is 5.69 Å². The van der Waals surface area contributed by atoms with Gasteiger partial charge in [0.1, 0.15) is 5.92 Å². The molecular weight excluding hydrogens is 270 g/mol. The van der Waals surface area contributed by atoms with Gasteiger partial charge in [0.15, 0.2) is 0 Å². The number of amides is 2. The molecule has 1 fully saturated rings. The molecule has 0 saturated carbocycles. The van der Waals surface area contributed by atoms with E-state index in [-0.39, 0.29) is 19.2 Å². The first kappa shape index (κ1) is 13.8. The van der Waals surface area contributed by atoms with E-state index in [0.717, 1.165) is 5.69 Å². The molecular formula is C11H15N3O4S. The Morgan fingerprint density at radius 3 is 3.05 bits per heavy atom. The summed E-state index contributed by atoms with van der Waals surface area (Å²) in [5.74, 6) is -1.64. The minimum atomic E-state index is -0.954. The first-order valence-corrected chi connectivity index (χ1v) is 6.71. The maximum absolute atomic E-state index is 11.9. The van der Waals surface area contributed by atoms with Gasteiger partial charge in [-0.1, -0.05) is 0 Å². The molecule has 0 spiro atoms. The first-order valence-electron chi connectivity index (χ1n) is 5.77. The SMILES string of the molecule is CN(Cc1cscn1)C(=O)NC1COCC1C(=O)O. The number of hydrogen-bond acceptors (Lipinski definition) is 5. The van der Waals surface area contributed by atoms with Crippen LogP contribution in [-0.4, -0.2) is 53.3 Å². The summed E-state index contributed by atoms with van der Waals surface area (Å²) >= 11 is 1.46. The Morgan fingerprint density at radius 1 is 1.63 bits per heavy atom. The Bertz CT molecular complexity index is 451. The number of aromatic nitrogens is 1. The summed E-state index contributed by atoms with van der Waals surface area (Å²) in [4.78, 5) is 28.5. The number of urea groups is 1. The second-order valence-corrected chi connectivity index (χ2v) is 5.09. The zero-order valence-electron chi connectivity index (χ0n) is 10.4. The highest BCUT2D eigenvalue weighted by atomic mass is 32.1. The van der Waals surface area contributed by atoms with Crippen LogP contribution in [0.15, 0.2) is 10.9 Å². The average molecular weight is 285 g/mol. The third-order valence-corrected chi connectivity index (χ3v) is 3.57. The number of thiazole rings is 1. The summed E-state index contributed by atoms with van der Waals surface area (Å²) in [5, 5.41) is 13.5. The number of nitrogens with zero attached hydrogens (tertiary/aromatic N) is 2. The van der Waals surface area contributed by atoms with Crippen molar-refractivity contribution in [1.29, 1.82) is 0 Å². The molecule has 1 aliphatic rings. The summed E-state index contributed by atoms with van der Waals surface area (Å²) in [5.41, 5.74) is 2.51. The molecule has 2 amide bonds. The molecule has 1 aromatic rings. The summed E-state index contributed by atoms with van der Waals surface area (Å²) < 4.78 is 5.09. The van der Waals surface area contributed by atoms with Gasteiger partial charge in [-0.25, -0.2) is 9.78 Å². The van der Waals surface area contributed by atoms with Gasteiger partial charge in [-0.2, -0.15) is 0 Å². The molecule has 2 N–H and O–H groups in total. The number of carbonyl (C=O) groups is 2. The van der Waals surface area contributed by atoms with Crippen LogP contribution in [0.5, 0.6) is 0 Å². The molecule has 0 aromatic carbocycles. The van der Waals surface area contributed by atoms with Crippen LogP contribution < -0.4 is 5.32 Å². The minimum Gasteiger partial charge on any atom is -0.481 e. The smallest absolute Gasteiger partial charge is 0.317 e. The van der Waals surface area contributed by atoms with Crippen molar-refractivity contribution in [2.45, 2.75) is 12.6 Å². The standard InChI is InChI=1S/C11H15N3O4S/c1-14(2-7-5-19-6-12-7)11(17)13-9-4-18-3-8(9)10(15)16/h5-6,8-9H,2-4H2,1H3,(H,13,17)(H,15,16). The number of carbonyl (C=O) groups excluding carboxylic acids is 1. The lowest BCUT2D eigenvalue weighted by Gasteiger charge is -2.21. The van der Waals surface area contributed by atoms with Crippen molar-refractivity contribution in [3.05, 3.63) is 16.6 Å². The van der Waals surface area contributed by atoms with Crippen LogP contribution in [0.25, 0.3) is 0 Å². The Kier molecular flexibility index (Phi) is 4.33. The van der Waals surface area contributed by atoms with E-state index in [1.807, 2.05) is 5.38 Å². The van der Waals surface area contributed by atoms with Crippen molar-refractivity contribution in [2.24, 2.45) is 5.92 Å². The minimum absolute atomic E-state index is 0.135. The van der Waals surface area contributed by atoms with Crippen LogP contribution in [0.3, 0.4) is 0 Å². The van der Waals surface area contributed by atoms with E-state index in [9.17, 15) is 9.59 Å². The number of rotatable bonds is 4. The Balaban J connectivity index is 1.88. The molecule has 1 aliphatic heterocycles. The summed E-state index contributed by atoms with van der Waals surface area (Å²) in [7, 11) is 1.64. The number of hydrogen-bond donors (Lipinski definition) is 2. The average Bonchev–Trinajstić information content (AvgIpc) is 2.99. The van der Waals surface area contributed by atoms with E-state index in [1.54, 1.807) is 12.6 Å². The molecule has 19 heavy (non-hydrogen) atoms. The molecule has 104 valence electrons. The van der Waals surface area contributed by atoms with Crippen molar-refractivity contribution in [2.75, 3.05) is 20.3 Å². The maximum Gasteiger partial charge on any atom is 0.317 e. The van der Waals surface area contributed by atoms with E-state index in [4.69, 9.17) is 9.84 Å². The normalized spacial score (nSPS) is 22.2. The number of nitrogens with one attached hydrogen (secondary N) is 1. The van der Waals surface area contributed by atoms with Crippen molar-refractivity contribution >= 4 is 23.3 Å². The molecule has 1 aromatic heterocycles. The van der Waals surface area contributed by atoms with Gasteiger partial charge in [0.2, 0.25) is 0 Å². The highest BCUT2D eigenvalue weighted by molar-refractivity contribution is 7.07. The highest BCUT2D eigenvalue weighted by Gasteiger charge is 2.35. The summed E-state index contributed by atoms with van der Waals surface area (Å²) in [6.45, 7) is 0.754. The highest BCUT2D eigenvalue weighted by Crippen LogP contribution is 2.14. The lowest BCUT2D eigenvalue weighted by atomic mass is 10.0. The summed E-state index contributed by atoms with van der Waals surface area (Å²) in [6.07, 6.45) is 0. The van der Waals surface area contributed by atoms with Gasteiger partial charge in [-0.15, -0.1) is 11.3 Å². The molecule has 0 radical (unpaired) electrons. The van der Waals surface area contributed by atoms with E-state index < -0.39 is 17.9 Å². The van der Waals surface area contributed by atoms with E-state index in [2.05, 4.69) is 10.3 Å². The number of carboxylic acids is 1. The van der Waals surface area contributed by atoms with E-state index >= 15 is 0 Å². The number of aliphatic carboxylic acids is 1. The maximum atomic E-state index is 11.9. The van der Waals surface area contributed by atoms with Gasteiger partial charge in [0.25, 0.3) is 0 Å². The van der Waals surface area contributed by atoms with E-state index in [0.29, 0.717) is 6.54 Å². The van der Waals surface area contributed by atoms with Crippen LogP contribution in [-0.2, 0) is 16.1 Å². The first-order chi connectivity index (χ1) is 9.08. The van der Waals surface area contributed by atoms with Crippen molar-refractivity contribution in [1.82, 2.24) is 15.2 Å². The summed E-state index contributed by atoms with van der Waals surface area (Å²) in [6, 6.07) is -0.808. The fourth-order valence-corrected chi connectivity index (χ4v) is 2.39. The predicted molar refractivity (Wildman–Crippen MR) is 67.8 cm³/mol. The van der Waals surface area contributed by atoms with E-state index in [1.165, 1.54) is 16.2 Å². The quantitative estimate of drug-likeness (QED) is 0.834. The molecule has 8 heteroatoms. The largest absolute Gasteiger partial charge is 0.481 e. The molecule has 2 unspecified atom stereocenters. The van der Waals surface area contributed by atoms with Gasteiger partial charge < -0.3 is 20.1 Å². The lowest BCUT2D eigenvalue weighted by Crippen LogP contribution is -2.47. The fraction of sp³-hybridized carbons (Fsp3) is 0.545. The molecule has 0 bridgehead atoms. The molecule has 2 atom stereocenters. The molecule has 1 saturated heterocycles. The Morgan fingerprint density at radius 2 is 2.42 bits per heavy atom. The molecule has 2 heterocycles. The van der Waals surface area contributed by atoms with Gasteiger partial charge in [-0.05, 0) is 0 Å². The Hall–Kier alpha value is -1.67. The number of carboxylic acid groups (broad SMARTS) is 1. The van der Waals surface area contributed by atoms with Gasteiger partial charge in [0, 0.05) is 12.4 Å². The van der Waals surface area contributed by atoms with Crippen LogP contribution >= 0.6 is 11.3 Å².